The molecule has 0 bridgehead atoms. The maximum atomic E-state index is 13.2. The van der Waals surface area contributed by atoms with E-state index in [0.717, 1.165) is 25.7 Å². The van der Waals surface area contributed by atoms with Crippen molar-refractivity contribution in [2.24, 2.45) is 0 Å². The van der Waals surface area contributed by atoms with E-state index in [9.17, 15) is 18.0 Å². The van der Waals surface area contributed by atoms with Crippen LogP contribution in [0.1, 0.15) is 36.0 Å². The standard InChI is InChI=1S/C21H24ClN3O6S/c1-30-17-8-6-15(12-18(17)32(28,29)25-10-4-2-3-5-11-25)21(27)31-14-20(26)24-19-9-7-16(22)13-23-19/h6-9,12-13H,2-5,10-11,14H2,1H3,(H,23,24,26). The van der Waals surface area contributed by atoms with Crippen LogP contribution in [0.2, 0.25) is 5.02 Å². The van der Waals surface area contributed by atoms with Crippen molar-refractivity contribution in [1.82, 2.24) is 9.29 Å². The minimum absolute atomic E-state index is 0.00313. The summed E-state index contributed by atoms with van der Waals surface area (Å²) >= 11 is 5.74. The minimum atomic E-state index is -3.86. The molecule has 11 heteroatoms. The van der Waals surface area contributed by atoms with Crippen molar-refractivity contribution >= 4 is 39.3 Å². The predicted octanol–water partition coefficient (Wildman–Crippen LogP) is 3.10. The molecule has 9 nitrogen and oxygen atoms in total. The second-order valence-electron chi connectivity index (χ2n) is 7.17. The van der Waals surface area contributed by atoms with Gasteiger partial charge in [-0.15, -0.1) is 0 Å². The summed E-state index contributed by atoms with van der Waals surface area (Å²) in [6, 6.07) is 7.08. The van der Waals surface area contributed by atoms with Crippen molar-refractivity contribution in [3.8, 4) is 5.75 Å². The second-order valence-corrected chi connectivity index (χ2v) is 9.51. The molecule has 0 atom stereocenters. The molecule has 32 heavy (non-hydrogen) atoms. The lowest BCUT2D eigenvalue weighted by molar-refractivity contribution is -0.119. The number of rotatable bonds is 7. The highest BCUT2D eigenvalue weighted by atomic mass is 35.5. The molecule has 0 unspecified atom stereocenters. The number of hydrogen-bond donors (Lipinski definition) is 1. The van der Waals surface area contributed by atoms with Crippen LogP contribution in [0.15, 0.2) is 41.4 Å². The minimum Gasteiger partial charge on any atom is -0.495 e. The van der Waals surface area contributed by atoms with Gasteiger partial charge in [-0.1, -0.05) is 24.4 Å². The van der Waals surface area contributed by atoms with Gasteiger partial charge in [0, 0.05) is 19.3 Å². The topological polar surface area (TPSA) is 115 Å². The Morgan fingerprint density at radius 2 is 1.84 bits per heavy atom. The fourth-order valence-corrected chi connectivity index (χ4v) is 5.08. The lowest BCUT2D eigenvalue weighted by Crippen LogP contribution is -2.32. The number of ether oxygens (including phenoxy) is 2. The fraction of sp³-hybridized carbons (Fsp3) is 0.381. The summed E-state index contributed by atoms with van der Waals surface area (Å²) in [7, 11) is -2.49. The number of nitrogens with zero attached hydrogens (tertiary/aromatic N) is 2. The number of anilines is 1. The van der Waals surface area contributed by atoms with E-state index in [1.807, 2.05) is 0 Å². The fourth-order valence-electron chi connectivity index (χ4n) is 3.27. The summed E-state index contributed by atoms with van der Waals surface area (Å²) in [4.78, 5) is 28.3. The number of nitrogens with one attached hydrogen (secondary N) is 1. The molecular weight excluding hydrogens is 458 g/mol. The van der Waals surface area contributed by atoms with Crippen molar-refractivity contribution in [2.75, 3.05) is 32.1 Å². The molecule has 1 aromatic carbocycles. The van der Waals surface area contributed by atoms with Crippen LogP contribution in [0, 0.1) is 0 Å². The van der Waals surface area contributed by atoms with Gasteiger partial charge in [0.1, 0.15) is 16.5 Å². The number of benzene rings is 1. The molecule has 0 saturated carbocycles. The summed E-state index contributed by atoms with van der Waals surface area (Å²) < 4.78 is 38.1. The van der Waals surface area contributed by atoms with Crippen molar-refractivity contribution in [3.05, 3.63) is 47.1 Å². The monoisotopic (exact) mass is 481 g/mol. The first-order valence-corrected chi connectivity index (χ1v) is 11.9. The number of methoxy groups -OCH3 is 1. The number of sulfonamides is 1. The lowest BCUT2D eigenvalue weighted by atomic mass is 10.2. The van der Waals surface area contributed by atoms with E-state index in [4.69, 9.17) is 21.1 Å². The zero-order chi connectivity index (χ0) is 23.1. The third-order valence-corrected chi connectivity index (χ3v) is 7.05. The molecule has 172 valence electrons. The van der Waals surface area contributed by atoms with Crippen LogP contribution in [0.3, 0.4) is 0 Å². The highest BCUT2D eigenvalue weighted by molar-refractivity contribution is 7.89. The molecule has 1 aliphatic rings. The highest BCUT2D eigenvalue weighted by Gasteiger charge is 2.29. The molecule has 2 heterocycles. The van der Waals surface area contributed by atoms with Crippen LogP contribution in [0.4, 0.5) is 5.82 Å². The molecule has 2 aromatic rings. The summed E-state index contributed by atoms with van der Waals surface area (Å²) in [5.41, 5.74) is -0.00313. The Bertz CT molecular complexity index is 1070. The summed E-state index contributed by atoms with van der Waals surface area (Å²) in [5.74, 6) is -1.04. The van der Waals surface area contributed by atoms with Crippen LogP contribution in [0.5, 0.6) is 5.75 Å². The maximum Gasteiger partial charge on any atom is 0.338 e. The average molecular weight is 482 g/mol. The lowest BCUT2D eigenvalue weighted by Gasteiger charge is -2.21. The van der Waals surface area contributed by atoms with Gasteiger partial charge in [0.05, 0.1) is 17.7 Å². The zero-order valence-electron chi connectivity index (χ0n) is 17.5. The number of pyridine rings is 1. The van der Waals surface area contributed by atoms with Gasteiger partial charge in [0.25, 0.3) is 5.91 Å². The molecule has 1 aromatic heterocycles. The van der Waals surface area contributed by atoms with Crippen LogP contribution in [-0.4, -0.2) is 56.4 Å². The molecular formula is C21H24ClN3O6S. The Hall–Kier alpha value is -2.69. The third kappa shape index (κ3) is 5.96. The van der Waals surface area contributed by atoms with Crippen molar-refractivity contribution < 1.29 is 27.5 Å². The van der Waals surface area contributed by atoms with Gasteiger partial charge >= 0.3 is 5.97 Å². The predicted molar refractivity (Wildman–Crippen MR) is 118 cm³/mol. The van der Waals surface area contributed by atoms with Gasteiger partial charge in [-0.05, 0) is 43.2 Å². The van der Waals surface area contributed by atoms with E-state index in [1.165, 1.54) is 41.9 Å². The molecule has 0 aliphatic carbocycles. The number of esters is 1. The third-order valence-electron chi connectivity index (χ3n) is 4.91. The number of amides is 1. The second kappa shape index (κ2) is 10.8. The van der Waals surface area contributed by atoms with Gasteiger partial charge in [-0.2, -0.15) is 4.31 Å². The van der Waals surface area contributed by atoms with E-state index >= 15 is 0 Å². The Balaban J connectivity index is 1.71. The molecule has 1 amide bonds. The number of halogens is 1. The van der Waals surface area contributed by atoms with Crippen LogP contribution < -0.4 is 10.1 Å². The zero-order valence-corrected chi connectivity index (χ0v) is 19.1. The molecule has 3 rings (SSSR count). The first-order chi connectivity index (χ1) is 15.3. The number of aromatic nitrogens is 1. The van der Waals surface area contributed by atoms with E-state index < -0.39 is 28.5 Å². The van der Waals surface area contributed by atoms with Crippen LogP contribution >= 0.6 is 11.6 Å². The van der Waals surface area contributed by atoms with Gasteiger partial charge < -0.3 is 14.8 Å². The first kappa shape index (κ1) is 24.0. The summed E-state index contributed by atoms with van der Waals surface area (Å²) in [5, 5.41) is 2.89. The Morgan fingerprint density at radius 3 is 2.47 bits per heavy atom. The van der Waals surface area contributed by atoms with Crippen molar-refractivity contribution in [3.63, 3.8) is 0 Å². The van der Waals surface area contributed by atoms with Gasteiger partial charge in [-0.25, -0.2) is 18.2 Å². The van der Waals surface area contributed by atoms with Crippen molar-refractivity contribution in [1.29, 1.82) is 0 Å². The Morgan fingerprint density at radius 1 is 1.12 bits per heavy atom. The SMILES string of the molecule is COc1ccc(C(=O)OCC(=O)Nc2ccc(Cl)cn2)cc1S(=O)(=O)N1CCCCCC1. The van der Waals surface area contributed by atoms with E-state index in [-0.39, 0.29) is 22.0 Å². The van der Waals surface area contributed by atoms with Gasteiger partial charge in [-0.3, -0.25) is 4.79 Å². The number of hydrogen-bond acceptors (Lipinski definition) is 7. The van der Waals surface area contributed by atoms with E-state index in [2.05, 4.69) is 10.3 Å². The molecule has 1 saturated heterocycles. The van der Waals surface area contributed by atoms with Gasteiger partial charge in [0.15, 0.2) is 6.61 Å². The van der Waals surface area contributed by atoms with Crippen LogP contribution in [-0.2, 0) is 19.6 Å². The molecule has 0 spiro atoms. The Kier molecular flexibility index (Phi) is 8.05. The van der Waals surface area contributed by atoms with E-state index in [1.54, 1.807) is 6.07 Å². The number of carbonyl (C=O) groups is 2. The Labute approximate surface area is 191 Å². The normalized spacial score (nSPS) is 14.9. The van der Waals surface area contributed by atoms with E-state index in [0.29, 0.717) is 18.1 Å². The number of carbonyl (C=O) groups excluding carboxylic acids is 2. The molecule has 1 fully saturated rings. The molecule has 1 aliphatic heterocycles. The average Bonchev–Trinajstić information content (AvgIpc) is 3.09. The maximum absolute atomic E-state index is 13.2. The smallest absolute Gasteiger partial charge is 0.338 e. The van der Waals surface area contributed by atoms with Gasteiger partial charge in [0.2, 0.25) is 10.0 Å². The first-order valence-electron chi connectivity index (χ1n) is 10.1. The van der Waals surface area contributed by atoms with Crippen LogP contribution in [0.25, 0.3) is 0 Å². The molecule has 1 N–H and O–H groups in total. The molecule has 0 radical (unpaired) electrons. The summed E-state index contributed by atoms with van der Waals surface area (Å²) in [6.07, 6.45) is 4.88. The highest BCUT2D eigenvalue weighted by Crippen LogP contribution is 2.29. The largest absolute Gasteiger partial charge is 0.495 e. The quantitative estimate of drug-likeness (QED) is 0.604. The van der Waals surface area contributed by atoms with Crippen molar-refractivity contribution in [2.45, 2.75) is 30.6 Å². The summed E-state index contributed by atoms with van der Waals surface area (Å²) in [6.45, 7) is 0.265.